The summed E-state index contributed by atoms with van der Waals surface area (Å²) in [5.74, 6) is -1.12. The van der Waals surface area contributed by atoms with Gasteiger partial charge in [0.1, 0.15) is 0 Å². The molecule has 0 spiro atoms. The van der Waals surface area contributed by atoms with Gasteiger partial charge in [-0.2, -0.15) is 14.2 Å². The van der Waals surface area contributed by atoms with E-state index >= 15 is 0 Å². The molecule has 2 aromatic heterocycles. The Kier molecular flexibility index (Phi) is 5.16. The van der Waals surface area contributed by atoms with E-state index in [-0.39, 0.29) is 23.4 Å². The van der Waals surface area contributed by atoms with Gasteiger partial charge in [-0.25, -0.2) is 5.43 Å². The highest BCUT2D eigenvalue weighted by Gasteiger charge is 2.20. The van der Waals surface area contributed by atoms with Crippen LogP contribution in [0.4, 0.5) is 10.2 Å². The van der Waals surface area contributed by atoms with Crippen molar-refractivity contribution in [3.8, 4) is 0 Å². The fourth-order valence-electron chi connectivity index (χ4n) is 1.78. The van der Waals surface area contributed by atoms with Gasteiger partial charge in [0.25, 0.3) is 0 Å². The Morgan fingerprint density at radius 3 is 2.96 bits per heavy atom. The van der Waals surface area contributed by atoms with Crippen LogP contribution in [0.2, 0.25) is 0 Å². The van der Waals surface area contributed by atoms with Gasteiger partial charge in [0.05, 0.1) is 40.4 Å². The van der Waals surface area contributed by atoms with Gasteiger partial charge in [-0.3, -0.25) is 4.79 Å². The van der Waals surface area contributed by atoms with Gasteiger partial charge in [-0.15, -0.1) is 11.3 Å². The van der Waals surface area contributed by atoms with Crippen LogP contribution < -0.4 is 5.43 Å². The lowest BCUT2D eigenvalue weighted by Gasteiger charge is -2.08. The summed E-state index contributed by atoms with van der Waals surface area (Å²) in [6.07, 6.45) is 1.35. The number of nitrogens with one attached hydrogen (secondary N) is 1. The predicted molar refractivity (Wildman–Crippen MR) is 82.8 cm³/mol. The van der Waals surface area contributed by atoms with E-state index in [1.54, 1.807) is 19.9 Å². The topological polar surface area (TPSA) is 102 Å². The van der Waals surface area contributed by atoms with Gasteiger partial charge < -0.3 is 10.1 Å². The third kappa shape index (κ3) is 4.42. The first-order valence-electron chi connectivity index (χ1n) is 6.64. The molecule has 0 aliphatic rings. The van der Waals surface area contributed by atoms with Gasteiger partial charge in [0.15, 0.2) is 5.13 Å². The lowest BCUT2D eigenvalue weighted by molar-refractivity contribution is -0.389. The van der Waals surface area contributed by atoms with Crippen molar-refractivity contribution < 1.29 is 14.1 Å². The largest absolute Gasteiger partial charge is 0.390 e. The predicted octanol–water partition coefficient (Wildman–Crippen LogP) is 2.09. The first-order chi connectivity index (χ1) is 10.9. The molecule has 0 unspecified atom stereocenters. The number of rotatable bonds is 6. The van der Waals surface area contributed by atoms with Crippen molar-refractivity contribution in [1.82, 2.24) is 15.2 Å². The molecule has 1 atom stereocenters. The molecule has 23 heavy (non-hydrogen) atoms. The molecule has 0 radical (unpaired) electrons. The molecular weight excluding hydrogens is 325 g/mol. The number of carbonyl (C=O) groups excluding carboxylic acids is 1. The van der Waals surface area contributed by atoms with Gasteiger partial charge in [0, 0.05) is 0 Å². The van der Waals surface area contributed by atoms with Gasteiger partial charge in [0.2, 0.25) is 5.91 Å². The molecular formula is C13H14FN5O3S. The van der Waals surface area contributed by atoms with Crippen LogP contribution in [0.25, 0.3) is 0 Å². The molecule has 2 heterocycles. The normalized spacial score (nSPS) is 12.5. The summed E-state index contributed by atoms with van der Waals surface area (Å²) in [6, 6.07) is 4.20. The molecule has 0 aliphatic carbocycles. The van der Waals surface area contributed by atoms with Crippen molar-refractivity contribution in [3.63, 3.8) is 0 Å². The molecule has 10 heteroatoms. The molecule has 122 valence electrons. The average molecular weight is 339 g/mol. The Labute approximate surface area is 134 Å². The van der Waals surface area contributed by atoms with Crippen LogP contribution in [-0.2, 0) is 11.3 Å². The third-order valence-electron chi connectivity index (χ3n) is 3.01. The Morgan fingerprint density at radius 2 is 2.39 bits per heavy atom. The minimum atomic E-state index is -0.585. The van der Waals surface area contributed by atoms with E-state index < -0.39 is 10.8 Å². The van der Waals surface area contributed by atoms with Gasteiger partial charge >= 0.3 is 5.82 Å². The van der Waals surface area contributed by atoms with Crippen molar-refractivity contribution in [1.29, 1.82) is 0 Å². The maximum absolute atomic E-state index is 12.8. The molecule has 0 saturated carbocycles. The van der Waals surface area contributed by atoms with Crippen LogP contribution in [0.1, 0.15) is 17.5 Å². The van der Waals surface area contributed by atoms with Crippen LogP contribution in [-0.4, -0.2) is 26.8 Å². The summed E-state index contributed by atoms with van der Waals surface area (Å²) >= 11 is 0.913. The van der Waals surface area contributed by atoms with Crippen molar-refractivity contribution >= 4 is 29.3 Å². The standard InChI is InChI=1S/C13H14FN5O3S/c1-8(7-18-9(2)5-12(17-18)19(21)22)13(20)16-15-6-10-3-4-11(14)23-10/h3-6,8H,7H2,1-2H3,(H,16,20)/b15-6-/t8-/m1/s1. The molecule has 0 saturated heterocycles. The Balaban J connectivity index is 1.92. The van der Waals surface area contributed by atoms with E-state index in [9.17, 15) is 19.3 Å². The molecule has 8 nitrogen and oxygen atoms in total. The van der Waals surface area contributed by atoms with E-state index in [1.165, 1.54) is 23.0 Å². The fourth-order valence-corrected chi connectivity index (χ4v) is 2.38. The molecule has 2 rings (SSSR count). The third-order valence-corrected chi connectivity index (χ3v) is 3.82. The lowest BCUT2D eigenvalue weighted by Crippen LogP contribution is -2.28. The van der Waals surface area contributed by atoms with Crippen LogP contribution in [0, 0.1) is 28.1 Å². The molecule has 0 aromatic carbocycles. The average Bonchev–Trinajstić information content (AvgIpc) is 3.05. The van der Waals surface area contributed by atoms with Crippen molar-refractivity contribution in [3.05, 3.63) is 44.0 Å². The summed E-state index contributed by atoms with van der Waals surface area (Å²) in [4.78, 5) is 22.6. The summed E-state index contributed by atoms with van der Waals surface area (Å²) < 4.78 is 14.2. The van der Waals surface area contributed by atoms with Crippen LogP contribution in [0.3, 0.4) is 0 Å². The number of halogens is 1. The summed E-state index contributed by atoms with van der Waals surface area (Å²) in [5, 5.41) is 17.9. The number of hydrogen-bond acceptors (Lipinski definition) is 6. The number of hydrazone groups is 1. The maximum Gasteiger partial charge on any atom is 0.390 e. The number of aryl methyl sites for hydroxylation is 1. The second kappa shape index (κ2) is 7.09. The minimum Gasteiger partial charge on any atom is -0.358 e. The summed E-state index contributed by atoms with van der Waals surface area (Å²) in [5.41, 5.74) is 2.94. The van der Waals surface area contributed by atoms with E-state index in [1.807, 2.05) is 0 Å². The molecule has 0 fully saturated rings. The molecule has 1 N–H and O–H groups in total. The second-order valence-electron chi connectivity index (χ2n) is 4.86. The highest BCUT2D eigenvalue weighted by atomic mass is 32.1. The van der Waals surface area contributed by atoms with E-state index in [4.69, 9.17) is 0 Å². The van der Waals surface area contributed by atoms with Crippen molar-refractivity contribution in [2.75, 3.05) is 0 Å². The van der Waals surface area contributed by atoms with Gasteiger partial charge in [-0.05, 0) is 24.0 Å². The highest BCUT2D eigenvalue weighted by Crippen LogP contribution is 2.13. The van der Waals surface area contributed by atoms with Gasteiger partial charge in [-0.1, -0.05) is 6.92 Å². The fraction of sp³-hybridized carbons (Fsp3) is 0.308. The zero-order chi connectivity index (χ0) is 17.0. The zero-order valence-electron chi connectivity index (χ0n) is 12.4. The quantitative estimate of drug-likeness (QED) is 0.494. The number of aromatic nitrogens is 2. The molecule has 1 amide bonds. The number of carbonyl (C=O) groups is 1. The summed E-state index contributed by atoms with van der Waals surface area (Å²) in [6.45, 7) is 3.52. The number of nitro groups is 1. The number of thiophene rings is 1. The second-order valence-corrected chi connectivity index (χ2v) is 5.93. The van der Waals surface area contributed by atoms with Crippen LogP contribution in [0.5, 0.6) is 0 Å². The van der Waals surface area contributed by atoms with E-state index in [0.717, 1.165) is 11.3 Å². The Morgan fingerprint density at radius 1 is 1.65 bits per heavy atom. The van der Waals surface area contributed by atoms with Crippen molar-refractivity contribution in [2.45, 2.75) is 20.4 Å². The number of amides is 1. The molecule has 2 aromatic rings. The minimum absolute atomic E-state index is 0.189. The molecule has 0 aliphatic heterocycles. The SMILES string of the molecule is Cc1cc([N+](=O)[O-])nn1C[C@@H](C)C(=O)N/N=C\c1ccc(F)s1. The first-order valence-corrected chi connectivity index (χ1v) is 7.45. The van der Waals surface area contributed by atoms with Crippen LogP contribution in [0.15, 0.2) is 23.3 Å². The zero-order valence-corrected chi connectivity index (χ0v) is 13.2. The first kappa shape index (κ1) is 16.7. The maximum atomic E-state index is 12.8. The van der Waals surface area contributed by atoms with Crippen LogP contribution >= 0.6 is 11.3 Å². The smallest absolute Gasteiger partial charge is 0.358 e. The monoisotopic (exact) mass is 339 g/mol. The van der Waals surface area contributed by atoms with Crippen molar-refractivity contribution in [2.24, 2.45) is 11.0 Å². The van der Waals surface area contributed by atoms with E-state index in [0.29, 0.717) is 10.6 Å². The summed E-state index contributed by atoms with van der Waals surface area (Å²) in [7, 11) is 0. The highest BCUT2D eigenvalue weighted by molar-refractivity contribution is 7.12. The number of nitrogens with zero attached hydrogens (tertiary/aromatic N) is 4. The lowest BCUT2D eigenvalue weighted by atomic mass is 10.2. The Bertz CT molecular complexity index is 755. The number of hydrogen-bond donors (Lipinski definition) is 1. The molecule has 0 bridgehead atoms. The Hall–Kier alpha value is -2.62. The van der Waals surface area contributed by atoms with E-state index in [2.05, 4.69) is 15.6 Å².